The van der Waals surface area contributed by atoms with Gasteiger partial charge < -0.3 is 9.64 Å². The molecule has 0 aliphatic heterocycles. The van der Waals surface area contributed by atoms with Gasteiger partial charge in [0, 0.05) is 30.2 Å². The Kier molecular flexibility index (Phi) is 7.32. The number of benzene rings is 1. The van der Waals surface area contributed by atoms with E-state index < -0.39 is 21.7 Å². The molecule has 1 saturated carbocycles. The molecule has 1 aliphatic rings. The summed E-state index contributed by atoms with van der Waals surface area (Å²) in [6, 6.07) is 5.06. The summed E-state index contributed by atoms with van der Waals surface area (Å²) in [4.78, 5) is 13.7. The topological polar surface area (TPSA) is 75.7 Å². The lowest BCUT2D eigenvalue weighted by atomic mass is 9.88. The Labute approximate surface area is 160 Å². The van der Waals surface area contributed by atoms with Crippen LogP contribution in [0.15, 0.2) is 18.2 Å². The molecular weight excluding hydrogens is 376 g/mol. The van der Waals surface area contributed by atoms with Crippen molar-refractivity contribution in [1.29, 1.82) is 0 Å². The van der Waals surface area contributed by atoms with Crippen molar-refractivity contribution in [2.75, 3.05) is 19.9 Å². The van der Waals surface area contributed by atoms with Crippen molar-refractivity contribution >= 4 is 27.5 Å². The summed E-state index contributed by atoms with van der Waals surface area (Å²) in [5.74, 6) is 0.213. The summed E-state index contributed by atoms with van der Waals surface area (Å²) in [5, 5.41) is 0.530. The van der Waals surface area contributed by atoms with Gasteiger partial charge in [-0.25, -0.2) is 13.1 Å². The number of carbonyl (C=O) groups is 1. The minimum Gasteiger partial charge on any atom is -0.496 e. The Morgan fingerprint density at radius 1 is 1.31 bits per heavy atom. The fraction of sp³-hybridized carbons (Fsp3) is 0.611. The second-order valence-electron chi connectivity index (χ2n) is 7.04. The van der Waals surface area contributed by atoms with Gasteiger partial charge in [0.25, 0.3) is 0 Å². The van der Waals surface area contributed by atoms with Gasteiger partial charge in [-0.2, -0.15) is 0 Å². The van der Waals surface area contributed by atoms with Crippen molar-refractivity contribution in [3.63, 3.8) is 0 Å². The van der Waals surface area contributed by atoms with E-state index in [9.17, 15) is 13.2 Å². The smallest absolute Gasteiger partial charge is 0.239 e. The quantitative estimate of drug-likeness (QED) is 0.760. The van der Waals surface area contributed by atoms with E-state index in [-0.39, 0.29) is 12.6 Å². The third kappa shape index (κ3) is 6.14. The zero-order valence-electron chi connectivity index (χ0n) is 15.5. The molecule has 0 atom stereocenters. The Balaban J connectivity index is 1.94. The summed E-state index contributed by atoms with van der Waals surface area (Å²) in [5.41, 5.74) is 0.725. The summed E-state index contributed by atoms with van der Waals surface area (Å²) in [7, 11) is -0.552. The molecule has 146 valence electrons. The zero-order valence-corrected chi connectivity index (χ0v) is 17.1. The molecule has 0 spiro atoms. The number of nitrogens with one attached hydrogen (secondary N) is 1. The van der Waals surface area contributed by atoms with E-state index in [0.29, 0.717) is 16.7 Å². The van der Waals surface area contributed by atoms with Crippen molar-refractivity contribution in [3.05, 3.63) is 28.8 Å². The van der Waals surface area contributed by atoms with Gasteiger partial charge in [0.1, 0.15) is 11.5 Å². The molecule has 0 unspecified atom stereocenters. The van der Waals surface area contributed by atoms with Crippen molar-refractivity contribution in [1.82, 2.24) is 9.62 Å². The monoisotopic (exact) mass is 402 g/mol. The second kappa shape index (κ2) is 9.06. The predicted octanol–water partition coefficient (Wildman–Crippen LogP) is 2.81. The number of sulfonamides is 1. The highest BCUT2D eigenvalue weighted by molar-refractivity contribution is 7.90. The molecule has 8 heteroatoms. The van der Waals surface area contributed by atoms with E-state index in [4.69, 9.17) is 16.3 Å². The highest BCUT2D eigenvalue weighted by atomic mass is 35.5. The first kappa shape index (κ1) is 21.0. The van der Waals surface area contributed by atoms with Gasteiger partial charge in [0.2, 0.25) is 15.9 Å². The van der Waals surface area contributed by atoms with E-state index in [1.54, 1.807) is 25.2 Å². The first-order valence-corrected chi connectivity index (χ1v) is 10.8. The van der Waals surface area contributed by atoms with Gasteiger partial charge in [-0.15, -0.1) is 0 Å². The molecule has 0 saturated heterocycles. The van der Waals surface area contributed by atoms with Crippen LogP contribution in [-0.4, -0.2) is 45.2 Å². The van der Waals surface area contributed by atoms with Crippen molar-refractivity contribution in [2.24, 2.45) is 5.92 Å². The van der Waals surface area contributed by atoms with E-state index in [1.807, 2.05) is 0 Å². The molecule has 1 amide bonds. The second-order valence-corrected chi connectivity index (χ2v) is 9.23. The predicted molar refractivity (Wildman–Crippen MR) is 103 cm³/mol. The number of hydrogen-bond acceptors (Lipinski definition) is 4. The number of rotatable bonds is 7. The minimum atomic E-state index is -3.66. The van der Waals surface area contributed by atoms with Crippen molar-refractivity contribution < 1.29 is 17.9 Å². The minimum absolute atomic E-state index is 0.0673. The molecule has 1 aromatic rings. The van der Waals surface area contributed by atoms with Gasteiger partial charge in [0.05, 0.1) is 7.11 Å². The molecule has 0 bridgehead atoms. The number of methoxy groups -OCH3 is 1. The molecule has 1 aliphatic carbocycles. The number of hydrogen-bond donors (Lipinski definition) is 1. The molecule has 0 heterocycles. The maximum Gasteiger partial charge on any atom is 0.239 e. The molecule has 0 aromatic heterocycles. The van der Waals surface area contributed by atoms with Gasteiger partial charge in [0.15, 0.2) is 0 Å². The normalized spacial score (nSPS) is 20.6. The van der Waals surface area contributed by atoms with Crippen LogP contribution in [0.4, 0.5) is 0 Å². The molecule has 0 radical (unpaired) electrons. The number of nitrogens with zero attached hydrogens (tertiary/aromatic N) is 1. The van der Waals surface area contributed by atoms with Crippen LogP contribution in [0.1, 0.15) is 38.2 Å². The summed E-state index contributed by atoms with van der Waals surface area (Å²) >= 11 is 6.00. The van der Waals surface area contributed by atoms with Crippen LogP contribution in [0.25, 0.3) is 0 Å². The van der Waals surface area contributed by atoms with E-state index in [1.165, 1.54) is 12.0 Å². The van der Waals surface area contributed by atoms with Gasteiger partial charge in [-0.3, -0.25) is 4.79 Å². The fourth-order valence-corrected chi connectivity index (χ4v) is 4.73. The third-order valence-electron chi connectivity index (χ3n) is 4.75. The van der Waals surface area contributed by atoms with Gasteiger partial charge >= 0.3 is 0 Å². The summed E-state index contributed by atoms with van der Waals surface area (Å²) < 4.78 is 32.6. The maximum absolute atomic E-state index is 12.4. The molecule has 2 rings (SSSR count). The maximum atomic E-state index is 12.4. The van der Waals surface area contributed by atoms with Crippen LogP contribution in [-0.2, 0) is 21.4 Å². The Bertz CT molecular complexity index is 731. The molecule has 1 aromatic carbocycles. The Morgan fingerprint density at radius 3 is 2.58 bits per heavy atom. The lowest BCUT2D eigenvalue weighted by Gasteiger charge is -2.27. The number of carbonyl (C=O) groups excluding carboxylic acids is 1. The highest BCUT2D eigenvalue weighted by Gasteiger charge is 2.26. The lowest BCUT2D eigenvalue weighted by Crippen LogP contribution is -2.42. The SMILES string of the molecule is COc1ccc(Cl)cc1CN(C)C(=O)CS(=O)(=O)NC1CCC(C)CC1. The fourth-order valence-electron chi connectivity index (χ4n) is 3.16. The van der Waals surface area contributed by atoms with E-state index in [2.05, 4.69) is 11.6 Å². The van der Waals surface area contributed by atoms with Crippen LogP contribution in [0.5, 0.6) is 5.75 Å². The van der Waals surface area contributed by atoms with E-state index >= 15 is 0 Å². The van der Waals surface area contributed by atoms with E-state index in [0.717, 1.165) is 31.2 Å². The molecule has 26 heavy (non-hydrogen) atoms. The Hall–Kier alpha value is -1.31. The molecular formula is C18H27ClN2O4S. The number of halogens is 1. The average molecular weight is 403 g/mol. The van der Waals surface area contributed by atoms with Crippen LogP contribution < -0.4 is 9.46 Å². The zero-order chi connectivity index (χ0) is 19.3. The highest BCUT2D eigenvalue weighted by Crippen LogP contribution is 2.25. The third-order valence-corrected chi connectivity index (χ3v) is 6.31. The van der Waals surface area contributed by atoms with Crippen molar-refractivity contribution in [3.8, 4) is 5.75 Å². The van der Waals surface area contributed by atoms with Gasteiger partial charge in [-0.05, 0) is 49.8 Å². The number of ether oxygens (including phenoxy) is 1. The van der Waals surface area contributed by atoms with Gasteiger partial charge in [-0.1, -0.05) is 18.5 Å². The first-order chi connectivity index (χ1) is 12.2. The summed E-state index contributed by atoms with van der Waals surface area (Å²) in [6.07, 6.45) is 3.67. The lowest BCUT2D eigenvalue weighted by molar-refractivity contribution is -0.127. The summed E-state index contributed by atoms with van der Waals surface area (Å²) in [6.45, 7) is 2.40. The first-order valence-electron chi connectivity index (χ1n) is 8.76. The standard InChI is InChI=1S/C18H27ClN2O4S/c1-13-4-7-16(8-5-13)20-26(23,24)12-18(22)21(2)11-14-10-15(19)6-9-17(14)25-3/h6,9-10,13,16,20H,4-5,7-8,11-12H2,1-3H3. The van der Waals surface area contributed by atoms with Crippen LogP contribution in [0, 0.1) is 5.92 Å². The molecule has 1 fully saturated rings. The number of amides is 1. The average Bonchev–Trinajstić information content (AvgIpc) is 2.56. The largest absolute Gasteiger partial charge is 0.496 e. The van der Waals surface area contributed by atoms with Crippen LogP contribution in [0.2, 0.25) is 5.02 Å². The Morgan fingerprint density at radius 2 is 1.96 bits per heavy atom. The van der Waals surface area contributed by atoms with Crippen LogP contribution in [0.3, 0.4) is 0 Å². The molecule has 6 nitrogen and oxygen atoms in total. The van der Waals surface area contributed by atoms with Crippen LogP contribution >= 0.6 is 11.6 Å². The van der Waals surface area contributed by atoms with Crippen molar-refractivity contribution in [2.45, 2.75) is 45.2 Å². The molecule has 1 N–H and O–H groups in total.